The van der Waals surface area contributed by atoms with Gasteiger partial charge in [0, 0.05) is 24.2 Å². The summed E-state index contributed by atoms with van der Waals surface area (Å²) < 4.78 is 5.42. The van der Waals surface area contributed by atoms with E-state index in [0.717, 1.165) is 22.4 Å². The van der Waals surface area contributed by atoms with Crippen LogP contribution in [0.1, 0.15) is 58.4 Å². The molecule has 0 bridgehead atoms. The Morgan fingerprint density at radius 1 is 1.28 bits per heavy atom. The maximum Gasteiger partial charge on any atom is 0.414 e. The number of hydrogen-bond donors (Lipinski definition) is 1. The summed E-state index contributed by atoms with van der Waals surface area (Å²) in [5.74, 6) is -0.353. The van der Waals surface area contributed by atoms with Crippen LogP contribution in [-0.4, -0.2) is 43.0 Å². The highest BCUT2D eigenvalue weighted by molar-refractivity contribution is 5.96. The average molecular weight is 434 g/mol. The van der Waals surface area contributed by atoms with Crippen molar-refractivity contribution < 1.29 is 19.1 Å². The van der Waals surface area contributed by atoms with Gasteiger partial charge in [-0.15, -0.1) is 0 Å². The Morgan fingerprint density at radius 3 is 2.72 bits per heavy atom. The van der Waals surface area contributed by atoms with Crippen LogP contribution in [0, 0.1) is 0 Å². The molecule has 0 spiro atoms. The van der Waals surface area contributed by atoms with Crippen LogP contribution in [0.15, 0.2) is 48.6 Å². The SMILES string of the molecule is C=C(c1cc(C=O)cc(C(=O)NCC)n1)c1cccc2c1CCN2C(=O)OC/C(C)=C/C. The van der Waals surface area contributed by atoms with Crippen molar-refractivity contribution in [2.45, 2.75) is 27.2 Å². The van der Waals surface area contributed by atoms with Crippen molar-refractivity contribution in [1.82, 2.24) is 10.3 Å². The summed E-state index contributed by atoms with van der Waals surface area (Å²) >= 11 is 0. The number of carbonyl (C=O) groups is 3. The summed E-state index contributed by atoms with van der Waals surface area (Å²) in [6, 6.07) is 8.68. The molecule has 2 aromatic rings. The molecule has 2 amide bonds. The van der Waals surface area contributed by atoms with E-state index in [1.807, 2.05) is 45.0 Å². The molecule has 0 radical (unpaired) electrons. The van der Waals surface area contributed by atoms with Gasteiger partial charge in [0.15, 0.2) is 0 Å². The molecule has 0 saturated carbocycles. The van der Waals surface area contributed by atoms with E-state index >= 15 is 0 Å². The number of rotatable bonds is 7. The fraction of sp³-hybridized carbons (Fsp3) is 0.280. The Labute approximate surface area is 187 Å². The van der Waals surface area contributed by atoms with Crippen LogP contribution in [0.2, 0.25) is 0 Å². The Kier molecular flexibility index (Phi) is 7.20. The van der Waals surface area contributed by atoms with Crippen LogP contribution in [0.5, 0.6) is 0 Å². The molecular formula is C25H27N3O4. The van der Waals surface area contributed by atoms with E-state index in [4.69, 9.17) is 4.74 Å². The Balaban J connectivity index is 1.92. The highest BCUT2D eigenvalue weighted by atomic mass is 16.6. The summed E-state index contributed by atoms with van der Waals surface area (Å²) in [6.07, 6.45) is 2.83. The number of carbonyl (C=O) groups excluding carboxylic acids is 3. The maximum atomic E-state index is 12.6. The Hall–Kier alpha value is -3.74. The molecule has 1 aliphatic rings. The minimum Gasteiger partial charge on any atom is -0.445 e. The van der Waals surface area contributed by atoms with Crippen molar-refractivity contribution in [3.63, 3.8) is 0 Å². The van der Waals surface area contributed by atoms with Crippen molar-refractivity contribution in [2.75, 3.05) is 24.6 Å². The van der Waals surface area contributed by atoms with Crippen molar-refractivity contribution in [3.8, 4) is 0 Å². The molecule has 3 rings (SSSR count). The molecule has 0 fully saturated rings. The molecule has 7 heteroatoms. The standard InChI is InChI=1S/C25H27N3O4/c1-5-16(3)15-32-25(31)28-11-10-20-19(8-7-9-23(20)28)17(4)21-12-18(14-29)13-22(27-21)24(30)26-6-2/h5,7-9,12-14H,4,6,10-11,15H2,1-3H3,(H,26,30)/b16-5+. The van der Waals surface area contributed by atoms with Gasteiger partial charge in [-0.05, 0) is 62.1 Å². The van der Waals surface area contributed by atoms with Gasteiger partial charge in [-0.1, -0.05) is 24.8 Å². The van der Waals surface area contributed by atoms with Gasteiger partial charge in [-0.3, -0.25) is 14.5 Å². The lowest BCUT2D eigenvalue weighted by Gasteiger charge is -2.18. The second-order valence-electron chi connectivity index (χ2n) is 7.52. The number of benzene rings is 1. The highest BCUT2D eigenvalue weighted by Gasteiger charge is 2.28. The third kappa shape index (κ3) is 4.77. The molecule has 1 N–H and O–H groups in total. The van der Waals surface area contributed by atoms with Gasteiger partial charge in [0.1, 0.15) is 18.6 Å². The lowest BCUT2D eigenvalue weighted by Crippen LogP contribution is -2.30. The highest BCUT2D eigenvalue weighted by Crippen LogP contribution is 2.36. The van der Waals surface area contributed by atoms with E-state index in [2.05, 4.69) is 16.9 Å². The third-order valence-electron chi connectivity index (χ3n) is 5.35. The molecule has 2 heterocycles. The first kappa shape index (κ1) is 22.9. The van der Waals surface area contributed by atoms with Gasteiger partial charge >= 0.3 is 6.09 Å². The van der Waals surface area contributed by atoms with Crippen molar-refractivity contribution in [1.29, 1.82) is 0 Å². The second kappa shape index (κ2) is 10.0. The molecular weight excluding hydrogens is 406 g/mol. The van der Waals surface area contributed by atoms with E-state index in [0.29, 0.717) is 42.6 Å². The normalized spacial score (nSPS) is 12.8. The quantitative estimate of drug-likeness (QED) is 0.523. The van der Waals surface area contributed by atoms with Gasteiger partial charge in [-0.25, -0.2) is 9.78 Å². The smallest absolute Gasteiger partial charge is 0.414 e. The number of allylic oxidation sites excluding steroid dienone is 1. The molecule has 1 aliphatic heterocycles. The first-order valence-corrected chi connectivity index (χ1v) is 10.5. The molecule has 32 heavy (non-hydrogen) atoms. The van der Waals surface area contributed by atoms with Crippen molar-refractivity contribution in [3.05, 3.63) is 76.6 Å². The van der Waals surface area contributed by atoms with Gasteiger partial charge in [0.25, 0.3) is 5.91 Å². The molecule has 7 nitrogen and oxygen atoms in total. The van der Waals surface area contributed by atoms with Crippen LogP contribution in [0.25, 0.3) is 5.57 Å². The number of anilines is 1. The first-order valence-electron chi connectivity index (χ1n) is 10.5. The summed E-state index contributed by atoms with van der Waals surface area (Å²) in [5.41, 5.74) is 5.03. The summed E-state index contributed by atoms with van der Waals surface area (Å²) in [7, 11) is 0. The number of aldehydes is 1. The predicted molar refractivity (Wildman–Crippen MR) is 124 cm³/mol. The van der Waals surface area contributed by atoms with E-state index in [9.17, 15) is 14.4 Å². The number of amides is 2. The predicted octanol–water partition coefficient (Wildman–Crippen LogP) is 4.17. The fourth-order valence-electron chi connectivity index (χ4n) is 3.52. The molecule has 0 unspecified atom stereocenters. The van der Waals surface area contributed by atoms with Crippen molar-refractivity contribution in [2.24, 2.45) is 0 Å². The Morgan fingerprint density at radius 2 is 2.03 bits per heavy atom. The van der Waals surface area contributed by atoms with Gasteiger partial charge in [0.05, 0.1) is 11.4 Å². The number of hydrogen-bond acceptors (Lipinski definition) is 5. The Bertz CT molecular complexity index is 1100. The third-order valence-corrected chi connectivity index (χ3v) is 5.35. The average Bonchev–Trinajstić information content (AvgIpc) is 3.26. The van der Waals surface area contributed by atoms with Crippen LogP contribution in [0.4, 0.5) is 10.5 Å². The van der Waals surface area contributed by atoms with Crippen LogP contribution >= 0.6 is 0 Å². The fourth-order valence-corrected chi connectivity index (χ4v) is 3.52. The molecule has 0 atom stereocenters. The first-order chi connectivity index (χ1) is 15.4. The zero-order chi connectivity index (χ0) is 23.3. The van der Waals surface area contributed by atoms with E-state index in [1.54, 1.807) is 11.0 Å². The maximum absolute atomic E-state index is 12.6. The number of nitrogens with one attached hydrogen (secondary N) is 1. The number of ether oxygens (including phenoxy) is 1. The summed E-state index contributed by atoms with van der Waals surface area (Å²) in [5, 5.41) is 2.69. The number of fused-ring (bicyclic) bond motifs is 1. The zero-order valence-electron chi connectivity index (χ0n) is 18.6. The van der Waals surface area contributed by atoms with Crippen LogP contribution in [-0.2, 0) is 11.2 Å². The second-order valence-corrected chi connectivity index (χ2v) is 7.52. The number of pyridine rings is 1. The molecule has 0 saturated heterocycles. The van der Waals surface area contributed by atoms with Gasteiger partial charge < -0.3 is 10.1 Å². The molecule has 1 aromatic heterocycles. The van der Waals surface area contributed by atoms with E-state index < -0.39 is 6.09 Å². The summed E-state index contributed by atoms with van der Waals surface area (Å²) in [6.45, 7) is 11.0. The van der Waals surface area contributed by atoms with Gasteiger partial charge in [-0.2, -0.15) is 0 Å². The van der Waals surface area contributed by atoms with Gasteiger partial charge in [0.2, 0.25) is 0 Å². The lowest BCUT2D eigenvalue weighted by molar-refractivity contribution is 0.0950. The molecule has 166 valence electrons. The number of nitrogens with zero attached hydrogens (tertiary/aromatic N) is 2. The molecule has 1 aromatic carbocycles. The minimum absolute atomic E-state index is 0.157. The van der Waals surface area contributed by atoms with E-state index in [1.165, 1.54) is 6.07 Å². The zero-order valence-corrected chi connectivity index (χ0v) is 18.6. The monoisotopic (exact) mass is 433 g/mol. The van der Waals surface area contributed by atoms with E-state index in [-0.39, 0.29) is 18.2 Å². The van der Waals surface area contributed by atoms with Crippen LogP contribution < -0.4 is 10.2 Å². The van der Waals surface area contributed by atoms with Crippen LogP contribution in [0.3, 0.4) is 0 Å². The lowest BCUT2D eigenvalue weighted by atomic mass is 9.95. The summed E-state index contributed by atoms with van der Waals surface area (Å²) in [4.78, 5) is 42.4. The number of aromatic nitrogens is 1. The molecule has 0 aliphatic carbocycles. The topological polar surface area (TPSA) is 88.6 Å². The minimum atomic E-state index is -0.396. The van der Waals surface area contributed by atoms with Crippen molar-refractivity contribution >= 4 is 29.5 Å². The largest absolute Gasteiger partial charge is 0.445 e.